The minimum Gasteiger partial charge on any atom is -0.497 e. The minimum absolute atomic E-state index is 0.191. The third-order valence-electron chi connectivity index (χ3n) is 2.80. The third-order valence-corrected chi connectivity index (χ3v) is 2.80. The van der Waals surface area contributed by atoms with E-state index < -0.39 is 0 Å². The van der Waals surface area contributed by atoms with Crippen LogP contribution in [0.3, 0.4) is 0 Å². The zero-order valence-electron chi connectivity index (χ0n) is 11.7. The molecule has 0 aliphatic heterocycles. The van der Waals surface area contributed by atoms with Gasteiger partial charge in [0.1, 0.15) is 5.75 Å². The molecule has 0 N–H and O–H groups in total. The molecule has 3 nitrogen and oxygen atoms in total. The van der Waals surface area contributed by atoms with Crippen molar-refractivity contribution in [3.63, 3.8) is 0 Å². The molecule has 3 heteroatoms. The third kappa shape index (κ3) is 6.65. The molecule has 0 aromatic heterocycles. The Morgan fingerprint density at radius 3 is 2.63 bits per heavy atom. The second-order valence-electron chi connectivity index (χ2n) is 4.35. The SMILES string of the molecule is CCCCC=COC(=O)CCc1ccc(OC)cc1. The Balaban J connectivity index is 2.23. The first-order valence-electron chi connectivity index (χ1n) is 6.73. The average Bonchev–Trinajstić information content (AvgIpc) is 2.45. The Morgan fingerprint density at radius 1 is 1.26 bits per heavy atom. The first-order valence-corrected chi connectivity index (χ1v) is 6.73. The zero-order chi connectivity index (χ0) is 13.9. The standard InChI is InChI=1S/C16H22O3/c1-3-4-5-6-13-19-16(17)12-9-14-7-10-15(18-2)11-8-14/h6-8,10-11,13H,3-5,9,12H2,1-2H3. The van der Waals surface area contributed by atoms with Gasteiger partial charge in [0.25, 0.3) is 0 Å². The molecule has 19 heavy (non-hydrogen) atoms. The van der Waals surface area contributed by atoms with Gasteiger partial charge < -0.3 is 9.47 Å². The minimum atomic E-state index is -0.191. The number of hydrogen-bond acceptors (Lipinski definition) is 3. The van der Waals surface area contributed by atoms with Crippen LogP contribution in [-0.4, -0.2) is 13.1 Å². The molecule has 0 unspecified atom stereocenters. The first kappa shape index (κ1) is 15.3. The summed E-state index contributed by atoms with van der Waals surface area (Å²) in [6.45, 7) is 2.13. The lowest BCUT2D eigenvalue weighted by Crippen LogP contribution is -2.01. The highest BCUT2D eigenvalue weighted by molar-refractivity contribution is 5.70. The van der Waals surface area contributed by atoms with Crippen LogP contribution >= 0.6 is 0 Å². The Labute approximate surface area is 115 Å². The van der Waals surface area contributed by atoms with E-state index >= 15 is 0 Å². The number of rotatable bonds is 8. The predicted molar refractivity (Wildman–Crippen MR) is 76.1 cm³/mol. The molecular weight excluding hydrogens is 240 g/mol. The van der Waals surface area contributed by atoms with Gasteiger partial charge in [-0.3, -0.25) is 4.79 Å². The van der Waals surface area contributed by atoms with E-state index in [9.17, 15) is 4.79 Å². The van der Waals surface area contributed by atoms with Crippen LogP contribution in [-0.2, 0) is 16.0 Å². The molecule has 1 rings (SSSR count). The van der Waals surface area contributed by atoms with E-state index in [4.69, 9.17) is 9.47 Å². The molecule has 0 saturated carbocycles. The van der Waals surface area contributed by atoms with Crippen LogP contribution in [0.25, 0.3) is 0 Å². The number of hydrogen-bond donors (Lipinski definition) is 0. The number of unbranched alkanes of at least 4 members (excludes halogenated alkanes) is 2. The number of carbonyl (C=O) groups excluding carboxylic acids is 1. The largest absolute Gasteiger partial charge is 0.497 e. The summed E-state index contributed by atoms with van der Waals surface area (Å²) in [5.74, 6) is 0.633. The van der Waals surface area contributed by atoms with E-state index in [-0.39, 0.29) is 5.97 Å². The molecule has 1 aromatic carbocycles. The lowest BCUT2D eigenvalue weighted by Gasteiger charge is -2.03. The molecule has 0 heterocycles. The van der Waals surface area contributed by atoms with Crippen molar-refractivity contribution in [2.45, 2.75) is 39.0 Å². The number of esters is 1. The molecule has 0 bridgehead atoms. The molecule has 0 aliphatic carbocycles. The van der Waals surface area contributed by atoms with Crippen molar-refractivity contribution in [3.05, 3.63) is 42.2 Å². The van der Waals surface area contributed by atoms with Crippen molar-refractivity contribution in [2.75, 3.05) is 7.11 Å². The number of allylic oxidation sites excluding steroid dienone is 1. The Bertz CT molecular complexity index is 393. The fourth-order valence-corrected chi connectivity index (χ4v) is 1.61. The number of ether oxygens (including phenoxy) is 2. The van der Waals surface area contributed by atoms with Gasteiger partial charge in [-0.1, -0.05) is 25.5 Å². The van der Waals surface area contributed by atoms with Crippen molar-refractivity contribution >= 4 is 5.97 Å². The summed E-state index contributed by atoms with van der Waals surface area (Å²) in [5.41, 5.74) is 1.10. The van der Waals surface area contributed by atoms with Gasteiger partial charge in [0.2, 0.25) is 0 Å². The summed E-state index contributed by atoms with van der Waals surface area (Å²) >= 11 is 0. The summed E-state index contributed by atoms with van der Waals surface area (Å²) in [4.78, 5) is 11.5. The van der Waals surface area contributed by atoms with Gasteiger partial charge in [0, 0.05) is 6.42 Å². The lowest BCUT2D eigenvalue weighted by molar-refractivity contribution is -0.137. The highest BCUT2D eigenvalue weighted by Crippen LogP contribution is 2.12. The van der Waals surface area contributed by atoms with Crippen LogP contribution in [0.5, 0.6) is 5.75 Å². The maximum absolute atomic E-state index is 11.5. The van der Waals surface area contributed by atoms with Crippen LogP contribution in [0.2, 0.25) is 0 Å². The first-order chi connectivity index (χ1) is 9.26. The van der Waals surface area contributed by atoms with Crippen LogP contribution in [0.15, 0.2) is 36.6 Å². The van der Waals surface area contributed by atoms with E-state index in [2.05, 4.69) is 6.92 Å². The summed E-state index contributed by atoms with van der Waals surface area (Å²) < 4.78 is 10.1. The second kappa shape index (κ2) is 9.20. The van der Waals surface area contributed by atoms with E-state index in [0.717, 1.165) is 30.6 Å². The molecule has 0 fully saturated rings. The van der Waals surface area contributed by atoms with Crippen LogP contribution in [0, 0.1) is 0 Å². The quantitative estimate of drug-likeness (QED) is 0.405. The van der Waals surface area contributed by atoms with Gasteiger partial charge >= 0.3 is 5.97 Å². The summed E-state index contributed by atoms with van der Waals surface area (Å²) in [6, 6.07) is 7.71. The number of aryl methyl sites for hydroxylation is 1. The van der Waals surface area contributed by atoms with E-state index in [1.54, 1.807) is 7.11 Å². The zero-order valence-corrected chi connectivity index (χ0v) is 11.7. The normalized spacial score (nSPS) is 10.6. The molecule has 0 atom stereocenters. The Kier molecular flexibility index (Phi) is 7.40. The molecule has 0 saturated heterocycles. The van der Waals surface area contributed by atoms with Crippen LogP contribution in [0.4, 0.5) is 0 Å². The Hall–Kier alpha value is -1.77. The number of benzene rings is 1. The maximum atomic E-state index is 11.5. The summed E-state index contributed by atoms with van der Waals surface area (Å²) in [7, 11) is 1.64. The van der Waals surface area contributed by atoms with Gasteiger partial charge in [0.05, 0.1) is 13.4 Å². The van der Waals surface area contributed by atoms with E-state index in [1.807, 2.05) is 30.3 Å². The van der Waals surface area contributed by atoms with Gasteiger partial charge in [-0.2, -0.15) is 0 Å². The van der Waals surface area contributed by atoms with Crippen molar-refractivity contribution in [3.8, 4) is 5.75 Å². The average molecular weight is 262 g/mol. The lowest BCUT2D eigenvalue weighted by atomic mass is 10.1. The topological polar surface area (TPSA) is 35.5 Å². The monoisotopic (exact) mass is 262 g/mol. The Morgan fingerprint density at radius 2 is 2.00 bits per heavy atom. The van der Waals surface area contributed by atoms with Gasteiger partial charge in [-0.25, -0.2) is 0 Å². The van der Waals surface area contributed by atoms with Gasteiger partial charge in [-0.15, -0.1) is 0 Å². The molecular formula is C16H22O3. The smallest absolute Gasteiger partial charge is 0.310 e. The van der Waals surface area contributed by atoms with Crippen LogP contribution < -0.4 is 4.74 Å². The summed E-state index contributed by atoms with van der Waals surface area (Å²) in [6.07, 6.45) is 7.72. The fourth-order valence-electron chi connectivity index (χ4n) is 1.61. The van der Waals surface area contributed by atoms with Crippen LogP contribution in [0.1, 0.15) is 38.2 Å². The molecule has 0 amide bonds. The molecule has 0 spiro atoms. The number of methoxy groups -OCH3 is 1. The second-order valence-corrected chi connectivity index (χ2v) is 4.35. The van der Waals surface area contributed by atoms with E-state index in [0.29, 0.717) is 12.8 Å². The molecule has 0 aliphatic rings. The molecule has 104 valence electrons. The maximum Gasteiger partial charge on any atom is 0.310 e. The molecule has 1 aromatic rings. The van der Waals surface area contributed by atoms with E-state index in [1.165, 1.54) is 6.26 Å². The highest BCUT2D eigenvalue weighted by Gasteiger charge is 2.02. The predicted octanol–water partition coefficient (Wildman–Crippen LogP) is 3.87. The van der Waals surface area contributed by atoms with Crippen molar-refractivity contribution in [2.24, 2.45) is 0 Å². The molecule has 0 radical (unpaired) electrons. The summed E-state index contributed by atoms with van der Waals surface area (Å²) in [5, 5.41) is 0. The fraction of sp³-hybridized carbons (Fsp3) is 0.438. The van der Waals surface area contributed by atoms with Gasteiger partial charge in [-0.05, 0) is 43.0 Å². The van der Waals surface area contributed by atoms with Crippen molar-refractivity contribution in [1.29, 1.82) is 0 Å². The number of carbonyl (C=O) groups is 1. The highest BCUT2D eigenvalue weighted by atomic mass is 16.5. The van der Waals surface area contributed by atoms with Gasteiger partial charge in [0.15, 0.2) is 0 Å². The van der Waals surface area contributed by atoms with Crippen molar-refractivity contribution in [1.82, 2.24) is 0 Å². The van der Waals surface area contributed by atoms with Crippen molar-refractivity contribution < 1.29 is 14.3 Å².